The molecule has 0 atom stereocenters. The van der Waals surface area contributed by atoms with Gasteiger partial charge in [-0.25, -0.2) is 0 Å². The van der Waals surface area contributed by atoms with Crippen molar-refractivity contribution in [3.63, 3.8) is 0 Å². The topological polar surface area (TPSA) is 63.6 Å². The number of Topliss-reactive ketones (excluding diaryl/α,β-unsaturated/α-hetero) is 2. The standard InChI is InChI=1S/C16H10O4/c1-20-8-2-7-3-10-11(5-9(7)14(17)4-8)13-6-12(10)15(18)16(13)19/h2-5,17H,6H2,1H3. The molecule has 2 aliphatic rings. The Morgan fingerprint density at radius 1 is 1.00 bits per heavy atom. The number of ether oxygens (including phenoxy) is 1. The largest absolute Gasteiger partial charge is 0.507 e. The van der Waals surface area contributed by atoms with E-state index >= 15 is 0 Å². The fraction of sp³-hybridized carbons (Fsp3) is 0.125. The van der Waals surface area contributed by atoms with Crippen LogP contribution in [0, 0.1) is 0 Å². The molecule has 1 N–H and O–H groups in total. The fourth-order valence-electron chi connectivity index (χ4n) is 3.03. The molecule has 0 spiro atoms. The number of benzene rings is 2. The predicted molar refractivity (Wildman–Crippen MR) is 72.9 cm³/mol. The van der Waals surface area contributed by atoms with Gasteiger partial charge in [0.05, 0.1) is 7.11 Å². The number of rotatable bonds is 1. The van der Waals surface area contributed by atoms with Crippen molar-refractivity contribution in [1.29, 1.82) is 0 Å². The maximum absolute atomic E-state index is 11.8. The molecular weight excluding hydrogens is 256 g/mol. The number of hydrogen-bond acceptors (Lipinski definition) is 4. The first-order valence-corrected chi connectivity index (χ1v) is 6.26. The minimum Gasteiger partial charge on any atom is -0.507 e. The molecule has 0 aromatic heterocycles. The number of carbonyl (C=O) groups excluding carboxylic acids is 2. The normalized spacial score (nSPS) is 16.2. The molecule has 98 valence electrons. The van der Waals surface area contributed by atoms with E-state index in [0.717, 1.165) is 15.8 Å². The van der Waals surface area contributed by atoms with Gasteiger partial charge in [-0.2, -0.15) is 0 Å². The fourth-order valence-corrected chi connectivity index (χ4v) is 3.03. The van der Waals surface area contributed by atoms with Crippen LogP contribution in [0.15, 0.2) is 24.3 Å². The van der Waals surface area contributed by atoms with Gasteiger partial charge in [-0.1, -0.05) is 0 Å². The first kappa shape index (κ1) is 11.2. The van der Waals surface area contributed by atoms with E-state index in [0.29, 0.717) is 28.7 Å². The Kier molecular flexibility index (Phi) is 1.95. The second kappa shape index (κ2) is 3.48. The van der Waals surface area contributed by atoms with Crippen molar-refractivity contribution in [2.75, 3.05) is 7.11 Å². The van der Waals surface area contributed by atoms with E-state index in [1.807, 2.05) is 6.07 Å². The Labute approximate surface area is 113 Å². The molecule has 1 saturated carbocycles. The molecule has 0 amide bonds. The monoisotopic (exact) mass is 266 g/mol. The molecule has 2 aliphatic carbocycles. The Balaban J connectivity index is 2.20. The van der Waals surface area contributed by atoms with Crippen LogP contribution in [0.4, 0.5) is 0 Å². The lowest BCUT2D eigenvalue weighted by Gasteiger charge is -2.07. The maximum atomic E-state index is 11.8. The van der Waals surface area contributed by atoms with Gasteiger partial charge < -0.3 is 9.84 Å². The summed E-state index contributed by atoms with van der Waals surface area (Å²) in [6.45, 7) is 0. The minimum atomic E-state index is -0.403. The first-order valence-electron chi connectivity index (χ1n) is 6.26. The Hall–Kier alpha value is -2.62. The highest BCUT2D eigenvalue weighted by atomic mass is 16.5. The minimum absolute atomic E-state index is 0.106. The van der Waals surface area contributed by atoms with Gasteiger partial charge >= 0.3 is 0 Å². The van der Waals surface area contributed by atoms with E-state index < -0.39 is 5.78 Å². The Morgan fingerprint density at radius 3 is 2.30 bits per heavy atom. The van der Waals surface area contributed by atoms with E-state index in [2.05, 4.69) is 0 Å². The van der Waals surface area contributed by atoms with Crippen LogP contribution in [-0.4, -0.2) is 23.8 Å². The second-order valence-corrected chi connectivity index (χ2v) is 5.06. The van der Waals surface area contributed by atoms with E-state index in [1.54, 1.807) is 12.1 Å². The molecule has 4 nitrogen and oxygen atoms in total. The maximum Gasteiger partial charge on any atom is 0.230 e. The van der Waals surface area contributed by atoms with Crippen molar-refractivity contribution in [2.24, 2.45) is 0 Å². The Morgan fingerprint density at radius 2 is 1.65 bits per heavy atom. The third kappa shape index (κ3) is 1.20. The number of aromatic hydroxyl groups is 1. The number of phenols is 1. The lowest BCUT2D eigenvalue weighted by Crippen LogP contribution is -2.33. The first-order chi connectivity index (χ1) is 9.60. The van der Waals surface area contributed by atoms with E-state index in [9.17, 15) is 14.7 Å². The number of methoxy groups -OCH3 is 1. The van der Waals surface area contributed by atoms with Crippen molar-refractivity contribution in [3.05, 3.63) is 34.7 Å². The molecule has 2 aromatic rings. The number of phenolic OH excluding ortho intramolecular Hbond substituents is 1. The van der Waals surface area contributed by atoms with E-state index in [4.69, 9.17) is 4.74 Å². The number of carbonyl (C=O) groups is 2. The predicted octanol–water partition coefficient (Wildman–Crippen LogP) is 0.411. The molecule has 20 heavy (non-hydrogen) atoms. The van der Waals surface area contributed by atoms with Crippen molar-refractivity contribution in [2.45, 2.75) is 6.42 Å². The summed E-state index contributed by atoms with van der Waals surface area (Å²) in [6, 6.07) is 6.97. The lowest BCUT2D eigenvalue weighted by molar-refractivity contribution is -0.129. The van der Waals surface area contributed by atoms with Crippen molar-refractivity contribution >= 4 is 33.5 Å². The highest BCUT2D eigenvalue weighted by Crippen LogP contribution is 2.31. The van der Waals surface area contributed by atoms with Crippen LogP contribution >= 0.6 is 0 Å². The zero-order valence-corrected chi connectivity index (χ0v) is 10.7. The summed E-state index contributed by atoms with van der Waals surface area (Å²) in [5, 5.41) is 13.1. The third-order valence-corrected chi connectivity index (χ3v) is 4.04. The van der Waals surface area contributed by atoms with Crippen LogP contribution in [0.1, 0.15) is 6.42 Å². The molecule has 4 heteroatoms. The summed E-state index contributed by atoms with van der Waals surface area (Å²) in [7, 11) is 1.53. The third-order valence-electron chi connectivity index (χ3n) is 4.04. The zero-order chi connectivity index (χ0) is 14.0. The van der Waals surface area contributed by atoms with Crippen molar-refractivity contribution < 1.29 is 19.4 Å². The average molecular weight is 266 g/mol. The molecule has 0 unspecified atom stereocenters. The van der Waals surface area contributed by atoms with Gasteiger partial charge in [-0.3, -0.25) is 9.59 Å². The molecule has 1 fully saturated rings. The summed E-state index contributed by atoms with van der Waals surface area (Å²) >= 11 is 0. The van der Waals surface area contributed by atoms with E-state index in [-0.39, 0.29) is 11.5 Å². The molecule has 0 aliphatic heterocycles. The summed E-state index contributed by atoms with van der Waals surface area (Å²) in [6.07, 6.45) is 0.418. The van der Waals surface area contributed by atoms with Gasteiger partial charge in [0.1, 0.15) is 11.5 Å². The number of fused-ring (bicyclic) bond motifs is 4. The number of ketones is 2. The summed E-state index contributed by atoms with van der Waals surface area (Å²) in [4.78, 5) is 23.5. The van der Waals surface area contributed by atoms with Gasteiger partial charge in [-0.15, -0.1) is 0 Å². The molecule has 0 saturated heterocycles. The van der Waals surface area contributed by atoms with Crippen LogP contribution in [-0.2, 0) is 9.59 Å². The van der Waals surface area contributed by atoms with Crippen LogP contribution in [0.2, 0.25) is 0 Å². The Bertz CT molecular complexity index is 951. The lowest BCUT2D eigenvalue weighted by atomic mass is 10.0. The van der Waals surface area contributed by atoms with Gasteiger partial charge in [-0.05, 0) is 34.0 Å². The van der Waals surface area contributed by atoms with Crippen LogP contribution < -0.4 is 15.2 Å². The highest BCUT2D eigenvalue weighted by molar-refractivity contribution is 6.68. The molecule has 2 bridgehead atoms. The highest BCUT2D eigenvalue weighted by Gasteiger charge is 2.36. The second-order valence-electron chi connectivity index (χ2n) is 5.06. The quantitative estimate of drug-likeness (QED) is 0.759. The van der Waals surface area contributed by atoms with Gasteiger partial charge in [0.2, 0.25) is 11.6 Å². The molecule has 2 aromatic carbocycles. The number of hydrogen-bond donors (Lipinski definition) is 1. The van der Waals surface area contributed by atoms with Gasteiger partial charge in [0.25, 0.3) is 0 Å². The van der Waals surface area contributed by atoms with Crippen molar-refractivity contribution in [3.8, 4) is 11.5 Å². The molecule has 0 radical (unpaired) electrons. The smallest absolute Gasteiger partial charge is 0.230 e. The van der Waals surface area contributed by atoms with Gasteiger partial charge in [0.15, 0.2) is 0 Å². The molecular formula is C16H10O4. The van der Waals surface area contributed by atoms with Crippen LogP contribution in [0.5, 0.6) is 11.5 Å². The van der Waals surface area contributed by atoms with Crippen molar-refractivity contribution in [1.82, 2.24) is 0 Å². The molecule has 4 rings (SSSR count). The SMILES string of the molecule is COc1cc(O)c2cc3c(cc2c1)=C1CC=3C(=O)C1=O. The summed E-state index contributed by atoms with van der Waals surface area (Å²) in [5.74, 6) is -0.133. The van der Waals surface area contributed by atoms with Crippen LogP contribution in [0.25, 0.3) is 21.9 Å². The van der Waals surface area contributed by atoms with Crippen LogP contribution in [0.3, 0.4) is 0 Å². The summed E-state index contributed by atoms with van der Waals surface area (Å²) < 4.78 is 5.13. The molecule has 0 heterocycles. The zero-order valence-electron chi connectivity index (χ0n) is 10.7. The van der Waals surface area contributed by atoms with E-state index in [1.165, 1.54) is 13.2 Å². The summed E-state index contributed by atoms with van der Waals surface area (Å²) in [5.41, 5.74) is 1.13. The van der Waals surface area contributed by atoms with Gasteiger partial charge in [0, 0.05) is 29.0 Å². The average Bonchev–Trinajstić information content (AvgIpc) is 2.94.